The molecule has 0 bridgehead atoms. The van der Waals surface area contributed by atoms with Gasteiger partial charge in [0.25, 0.3) is 0 Å². The van der Waals surface area contributed by atoms with Gasteiger partial charge in [0.15, 0.2) is 0 Å². The molecule has 102 valence electrons. The van der Waals surface area contributed by atoms with Crippen molar-refractivity contribution < 1.29 is 0 Å². The lowest BCUT2D eigenvalue weighted by Gasteiger charge is -2.02. The van der Waals surface area contributed by atoms with Gasteiger partial charge in [-0.15, -0.1) is 0 Å². The maximum absolute atomic E-state index is 4.18. The van der Waals surface area contributed by atoms with Crippen LogP contribution < -0.4 is 0 Å². The van der Waals surface area contributed by atoms with Crippen molar-refractivity contribution in [1.29, 1.82) is 0 Å². The summed E-state index contributed by atoms with van der Waals surface area (Å²) in [7, 11) is 0. The summed E-state index contributed by atoms with van der Waals surface area (Å²) in [5.74, 6) is 0. The third-order valence-electron chi connectivity index (χ3n) is 3.39. The van der Waals surface area contributed by atoms with Crippen LogP contribution in [0.5, 0.6) is 0 Å². The van der Waals surface area contributed by atoms with E-state index in [4.69, 9.17) is 0 Å². The maximum atomic E-state index is 4.18. The van der Waals surface area contributed by atoms with E-state index in [1.807, 2.05) is 30.5 Å². The summed E-state index contributed by atoms with van der Waals surface area (Å²) in [6.07, 6.45) is 4.12. The number of pyridine rings is 1. The van der Waals surface area contributed by atoms with Crippen molar-refractivity contribution in [2.75, 3.05) is 0 Å². The van der Waals surface area contributed by atoms with Crippen LogP contribution in [0.2, 0.25) is 0 Å². The lowest BCUT2D eigenvalue weighted by molar-refractivity contribution is 1.04. The van der Waals surface area contributed by atoms with E-state index in [-0.39, 0.29) is 0 Å². The molecular weight excluding hydrogens is 242 g/mol. The summed E-state index contributed by atoms with van der Waals surface area (Å²) in [5.41, 5.74) is 4.04. The Morgan fingerprint density at radius 3 is 1.85 bits per heavy atom. The summed E-state index contributed by atoms with van der Waals surface area (Å²) >= 11 is 0. The van der Waals surface area contributed by atoms with Crippen molar-refractivity contribution >= 4 is 10.9 Å². The minimum atomic E-state index is 1.06. The van der Waals surface area contributed by atoms with Crippen LogP contribution in [0.15, 0.2) is 66.9 Å². The van der Waals surface area contributed by atoms with Gasteiger partial charge >= 0.3 is 0 Å². The largest absolute Gasteiger partial charge is 0.256 e. The molecule has 0 aliphatic rings. The fraction of sp³-hybridized carbons (Fsp3) is 0.211. The van der Waals surface area contributed by atoms with Gasteiger partial charge in [-0.05, 0) is 36.1 Å². The lowest BCUT2D eigenvalue weighted by Crippen LogP contribution is -1.88. The molecule has 0 spiro atoms. The van der Waals surface area contributed by atoms with Crippen LogP contribution in [0, 0.1) is 0 Å². The lowest BCUT2D eigenvalue weighted by atomic mass is 10.0. The average molecular weight is 263 g/mol. The highest BCUT2D eigenvalue weighted by Crippen LogP contribution is 2.09. The first-order valence-electron chi connectivity index (χ1n) is 7.21. The third kappa shape index (κ3) is 3.67. The Bertz CT molecular complexity index is 570. The number of aromatic nitrogens is 1. The molecule has 0 fully saturated rings. The van der Waals surface area contributed by atoms with E-state index >= 15 is 0 Å². The first-order valence-corrected chi connectivity index (χ1v) is 7.21. The quantitative estimate of drug-likeness (QED) is 0.630. The minimum absolute atomic E-state index is 1.06. The van der Waals surface area contributed by atoms with Gasteiger partial charge in [-0.2, -0.15) is 0 Å². The van der Waals surface area contributed by atoms with Gasteiger partial charge in [0.05, 0.1) is 5.52 Å². The standard InChI is InChI=1S/C10H14.C9H7N/c1-3-9-7-5-6-8-10(9)4-2;1-2-6-9-8(4-1)5-3-7-10-9/h5-8H,3-4H2,1-2H3;1-7H. The van der Waals surface area contributed by atoms with Crippen LogP contribution in [-0.2, 0) is 12.8 Å². The van der Waals surface area contributed by atoms with Crippen LogP contribution in [-0.4, -0.2) is 4.98 Å². The Morgan fingerprint density at radius 2 is 1.25 bits per heavy atom. The fourth-order valence-electron chi connectivity index (χ4n) is 2.26. The Balaban J connectivity index is 0.000000147. The highest BCUT2D eigenvalue weighted by Gasteiger charge is 1.93. The predicted molar refractivity (Wildman–Crippen MR) is 86.9 cm³/mol. The normalized spacial score (nSPS) is 9.90. The molecule has 1 heteroatoms. The fourth-order valence-corrected chi connectivity index (χ4v) is 2.26. The summed E-state index contributed by atoms with van der Waals surface area (Å²) in [6, 6.07) is 20.7. The Morgan fingerprint density at radius 1 is 0.700 bits per heavy atom. The topological polar surface area (TPSA) is 12.9 Å². The molecule has 0 saturated heterocycles. The van der Waals surface area contributed by atoms with Crippen LogP contribution >= 0.6 is 0 Å². The minimum Gasteiger partial charge on any atom is -0.256 e. The molecule has 0 aliphatic heterocycles. The number of aryl methyl sites for hydroxylation is 2. The maximum Gasteiger partial charge on any atom is 0.0701 e. The Hall–Kier alpha value is -2.15. The average Bonchev–Trinajstić information content (AvgIpc) is 2.55. The zero-order chi connectivity index (χ0) is 14.2. The van der Waals surface area contributed by atoms with Crippen LogP contribution in [0.1, 0.15) is 25.0 Å². The second kappa shape index (κ2) is 7.44. The van der Waals surface area contributed by atoms with Crippen LogP contribution in [0.25, 0.3) is 10.9 Å². The van der Waals surface area contributed by atoms with Gasteiger partial charge in [-0.1, -0.05) is 62.4 Å². The van der Waals surface area contributed by atoms with Gasteiger partial charge in [-0.3, -0.25) is 4.98 Å². The molecule has 20 heavy (non-hydrogen) atoms. The number of rotatable bonds is 2. The molecule has 1 heterocycles. The van der Waals surface area contributed by atoms with E-state index in [9.17, 15) is 0 Å². The molecule has 3 rings (SSSR count). The summed E-state index contributed by atoms with van der Waals surface area (Å²) < 4.78 is 0. The Kier molecular flexibility index (Phi) is 5.31. The first kappa shape index (κ1) is 14.3. The molecule has 0 radical (unpaired) electrons. The Labute approximate surface area is 121 Å². The molecule has 0 N–H and O–H groups in total. The van der Waals surface area contributed by atoms with E-state index < -0.39 is 0 Å². The van der Waals surface area contributed by atoms with E-state index in [0.29, 0.717) is 0 Å². The van der Waals surface area contributed by atoms with Gasteiger partial charge in [0, 0.05) is 11.6 Å². The molecule has 3 aromatic rings. The van der Waals surface area contributed by atoms with Gasteiger partial charge in [0.1, 0.15) is 0 Å². The van der Waals surface area contributed by atoms with Gasteiger partial charge in [0.2, 0.25) is 0 Å². The molecule has 0 saturated carbocycles. The van der Waals surface area contributed by atoms with E-state index in [0.717, 1.165) is 18.4 Å². The molecule has 2 aromatic carbocycles. The van der Waals surface area contributed by atoms with Gasteiger partial charge < -0.3 is 0 Å². The highest BCUT2D eigenvalue weighted by atomic mass is 14.6. The van der Waals surface area contributed by atoms with Crippen LogP contribution in [0.3, 0.4) is 0 Å². The molecule has 1 nitrogen and oxygen atoms in total. The predicted octanol–water partition coefficient (Wildman–Crippen LogP) is 5.05. The van der Waals surface area contributed by atoms with Crippen molar-refractivity contribution in [1.82, 2.24) is 4.98 Å². The smallest absolute Gasteiger partial charge is 0.0701 e. The number of benzene rings is 2. The summed E-state index contributed by atoms with van der Waals surface area (Å²) in [4.78, 5) is 4.18. The zero-order valence-electron chi connectivity index (χ0n) is 12.2. The molecule has 1 aromatic heterocycles. The third-order valence-corrected chi connectivity index (χ3v) is 3.39. The van der Waals surface area contributed by atoms with E-state index in [1.54, 1.807) is 0 Å². The number of hydrogen-bond donors (Lipinski definition) is 0. The van der Waals surface area contributed by atoms with Gasteiger partial charge in [-0.25, -0.2) is 0 Å². The molecule has 0 unspecified atom stereocenters. The number of nitrogens with zero attached hydrogens (tertiary/aromatic N) is 1. The second-order valence-electron chi connectivity index (χ2n) is 4.67. The zero-order valence-corrected chi connectivity index (χ0v) is 12.2. The van der Waals surface area contributed by atoms with Crippen molar-refractivity contribution in [3.8, 4) is 0 Å². The van der Waals surface area contributed by atoms with E-state index in [2.05, 4.69) is 55.2 Å². The van der Waals surface area contributed by atoms with E-state index in [1.165, 1.54) is 16.5 Å². The number of fused-ring (bicyclic) bond motifs is 1. The molecule has 0 aliphatic carbocycles. The van der Waals surface area contributed by atoms with Crippen molar-refractivity contribution in [2.45, 2.75) is 26.7 Å². The summed E-state index contributed by atoms with van der Waals surface area (Å²) in [6.45, 7) is 4.41. The van der Waals surface area contributed by atoms with Crippen molar-refractivity contribution in [3.63, 3.8) is 0 Å². The monoisotopic (exact) mass is 263 g/mol. The molecule has 0 atom stereocenters. The molecular formula is C19H21N. The number of hydrogen-bond acceptors (Lipinski definition) is 1. The highest BCUT2D eigenvalue weighted by molar-refractivity contribution is 5.77. The van der Waals surface area contributed by atoms with Crippen LogP contribution in [0.4, 0.5) is 0 Å². The second-order valence-corrected chi connectivity index (χ2v) is 4.67. The summed E-state index contributed by atoms with van der Waals surface area (Å²) in [5, 5.41) is 1.20. The van der Waals surface area contributed by atoms with Crippen molar-refractivity contribution in [3.05, 3.63) is 78.0 Å². The molecule has 0 amide bonds. The van der Waals surface area contributed by atoms with Crippen molar-refractivity contribution in [2.24, 2.45) is 0 Å². The SMILES string of the molecule is CCc1ccccc1CC.c1ccc2ncccc2c1. The first-order chi connectivity index (χ1) is 9.85. The number of para-hydroxylation sites is 1.